The SMILES string of the molecule is CCn1ncc(I)c1C1CC1. The first-order valence-corrected chi connectivity index (χ1v) is 5.12. The quantitative estimate of drug-likeness (QED) is 0.748. The van der Waals surface area contributed by atoms with Gasteiger partial charge in [0, 0.05) is 12.5 Å². The molecule has 3 heteroatoms. The van der Waals surface area contributed by atoms with Gasteiger partial charge >= 0.3 is 0 Å². The molecule has 0 radical (unpaired) electrons. The third-order valence-electron chi connectivity index (χ3n) is 2.10. The molecule has 0 bridgehead atoms. The predicted octanol–water partition coefficient (Wildman–Crippen LogP) is 2.39. The summed E-state index contributed by atoms with van der Waals surface area (Å²) in [6.45, 7) is 3.16. The molecule has 11 heavy (non-hydrogen) atoms. The topological polar surface area (TPSA) is 17.8 Å². The zero-order valence-corrected chi connectivity index (χ0v) is 8.71. The van der Waals surface area contributed by atoms with Gasteiger partial charge in [-0.25, -0.2) is 0 Å². The van der Waals surface area contributed by atoms with Crippen molar-refractivity contribution in [2.24, 2.45) is 0 Å². The molecule has 0 spiro atoms. The fourth-order valence-corrected chi connectivity index (χ4v) is 2.23. The Kier molecular flexibility index (Phi) is 1.91. The lowest BCUT2D eigenvalue weighted by atomic mass is 10.3. The van der Waals surface area contributed by atoms with Crippen LogP contribution in [0.4, 0.5) is 0 Å². The van der Waals surface area contributed by atoms with Gasteiger partial charge in [-0.3, -0.25) is 4.68 Å². The van der Waals surface area contributed by atoms with Crippen LogP contribution in [-0.4, -0.2) is 9.78 Å². The van der Waals surface area contributed by atoms with E-state index in [1.165, 1.54) is 22.1 Å². The maximum absolute atomic E-state index is 4.30. The molecule has 1 aromatic heterocycles. The number of nitrogens with zero attached hydrogens (tertiary/aromatic N) is 2. The Hall–Kier alpha value is -0.0600. The zero-order chi connectivity index (χ0) is 7.84. The summed E-state index contributed by atoms with van der Waals surface area (Å²) in [6, 6.07) is 0. The van der Waals surface area contributed by atoms with Crippen LogP contribution < -0.4 is 0 Å². The first-order valence-electron chi connectivity index (χ1n) is 4.04. The van der Waals surface area contributed by atoms with Gasteiger partial charge in [0.05, 0.1) is 15.5 Å². The van der Waals surface area contributed by atoms with Crippen LogP contribution >= 0.6 is 22.6 Å². The second-order valence-corrected chi connectivity index (χ2v) is 4.13. The van der Waals surface area contributed by atoms with Crippen molar-refractivity contribution in [3.63, 3.8) is 0 Å². The molecular formula is C8H11IN2. The van der Waals surface area contributed by atoms with Gasteiger partial charge in [0.1, 0.15) is 0 Å². The van der Waals surface area contributed by atoms with E-state index in [4.69, 9.17) is 0 Å². The van der Waals surface area contributed by atoms with Crippen LogP contribution in [0.5, 0.6) is 0 Å². The van der Waals surface area contributed by atoms with Gasteiger partial charge in [-0.05, 0) is 42.4 Å². The molecule has 1 fully saturated rings. The molecular weight excluding hydrogens is 251 g/mol. The van der Waals surface area contributed by atoms with E-state index < -0.39 is 0 Å². The van der Waals surface area contributed by atoms with Crippen LogP contribution in [0.2, 0.25) is 0 Å². The van der Waals surface area contributed by atoms with Gasteiger partial charge in [0.2, 0.25) is 0 Å². The van der Waals surface area contributed by atoms with Gasteiger partial charge in [-0.2, -0.15) is 5.10 Å². The first-order chi connectivity index (χ1) is 5.33. The molecule has 0 N–H and O–H groups in total. The number of hydrogen-bond donors (Lipinski definition) is 0. The summed E-state index contributed by atoms with van der Waals surface area (Å²) >= 11 is 2.38. The van der Waals surface area contributed by atoms with Crippen LogP contribution in [0.25, 0.3) is 0 Å². The Morgan fingerprint density at radius 3 is 3.00 bits per heavy atom. The molecule has 60 valence electrons. The molecule has 0 aromatic carbocycles. The molecule has 1 saturated carbocycles. The maximum atomic E-state index is 4.30. The summed E-state index contributed by atoms with van der Waals surface area (Å²) in [7, 11) is 0. The number of aryl methyl sites for hydroxylation is 1. The standard InChI is InChI=1S/C8H11IN2/c1-2-11-8(6-3-4-6)7(9)5-10-11/h5-6H,2-4H2,1H3. The number of aromatic nitrogens is 2. The van der Waals surface area contributed by atoms with E-state index in [0.717, 1.165) is 12.5 Å². The molecule has 0 amide bonds. The molecule has 1 aliphatic carbocycles. The van der Waals surface area contributed by atoms with Crippen molar-refractivity contribution in [2.75, 3.05) is 0 Å². The van der Waals surface area contributed by atoms with Gasteiger partial charge < -0.3 is 0 Å². The second kappa shape index (κ2) is 2.77. The monoisotopic (exact) mass is 262 g/mol. The zero-order valence-electron chi connectivity index (χ0n) is 6.55. The van der Waals surface area contributed by atoms with Crippen LogP contribution in [0.15, 0.2) is 6.20 Å². The fourth-order valence-electron chi connectivity index (χ4n) is 1.39. The van der Waals surface area contributed by atoms with E-state index in [-0.39, 0.29) is 0 Å². The van der Waals surface area contributed by atoms with Crippen molar-refractivity contribution in [1.82, 2.24) is 9.78 Å². The molecule has 1 heterocycles. The van der Waals surface area contributed by atoms with Crippen LogP contribution in [0, 0.1) is 3.57 Å². The molecule has 2 rings (SSSR count). The van der Waals surface area contributed by atoms with E-state index >= 15 is 0 Å². The average molecular weight is 262 g/mol. The second-order valence-electron chi connectivity index (χ2n) is 2.97. The highest BCUT2D eigenvalue weighted by Crippen LogP contribution is 2.41. The predicted molar refractivity (Wildman–Crippen MR) is 52.6 cm³/mol. The van der Waals surface area contributed by atoms with Crippen molar-refractivity contribution in [2.45, 2.75) is 32.2 Å². The van der Waals surface area contributed by atoms with Crippen LogP contribution in [0.1, 0.15) is 31.4 Å². The number of halogens is 1. The number of hydrogen-bond acceptors (Lipinski definition) is 1. The summed E-state index contributed by atoms with van der Waals surface area (Å²) in [5.41, 5.74) is 1.47. The summed E-state index contributed by atoms with van der Waals surface area (Å²) in [6.07, 6.45) is 4.70. The molecule has 0 atom stereocenters. The van der Waals surface area contributed by atoms with Gasteiger partial charge in [0.15, 0.2) is 0 Å². The van der Waals surface area contributed by atoms with Gasteiger partial charge in [0.25, 0.3) is 0 Å². The van der Waals surface area contributed by atoms with E-state index in [2.05, 4.69) is 39.3 Å². The Morgan fingerprint density at radius 2 is 2.45 bits per heavy atom. The van der Waals surface area contributed by atoms with Gasteiger partial charge in [-0.15, -0.1) is 0 Å². The smallest absolute Gasteiger partial charge is 0.0626 e. The lowest BCUT2D eigenvalue weighted by molar-refractivity contribution is 0.622. The molecule has 0 saturated heterocycles. The van der Waals surface area contributed by atoms with Crippen molar-refractivity contribution in [1.29, 1.82) is 0 Å². The van der Waals surface area contributed by atoms with Crippen LogP contribution in [0.3, 0.4) is 0 Å². The molecule has 0 unspecified atom stereocenters. The lowest BCUT2D eigenvalue weighted by Crippen LogP contribution is -2.01. The molecule has 1 aliphatic rings. The molecule has 0 aliphatic heterocycles. The van der Waals surface area contributed by atoms with Crippen molar-refractivity contribution in [3.05, 3.63) is 15.5 Å². The average Bonchev–Trinajstić information content (AvgIpc) is 2.76. The summed E-state index contributed by atoms with van der Waals surface area (Å²) in [5, 5.41) is 4.30. The minimum absolute atomic E-state index is 0.823. The Bertz CT molecular complexity index is 263. The Labute approximate surface area is 80.1 Å². The fraction of sp³-hybridized carbons (Fsp3) is 0.625. The largest absolute Gasteiger partial charge is 0.268 e. The van der Waals surface area contributed by atoms with E-state index in [1.807, 2.05) is 6.20 Å². The Balaban J connectivity index is 2.38. The highest BCUT2D eigenvalue weighted by Gasteiger charge is 2.28. The summed E-state index contributed by atoms with van der Waals surface area (Å²) < 4.78 is 3.46. The minimum Gasteiger partial charge on any atom is -0.268 e. The summed E-state index contributed by atoms with van der Waals surface area (Å²) in [5.74, 6) is 0.823. The maximum Gasteiger partial charge on any atom is 0.0626 e. The van der Waals surface area contributed by atoms with Crippen LogP contribution in [-0.2, 0) is 6.54 Å². The molecule has 2 nitrogen and oxygen atoms in total. The normalized spacial score (nSPS) is 17.3. The minimum atomic E-state index is 0.823. The lowest BCUT2D eigenvalue weighted by Gasteiger charge is -2.02. The number of rotatable bonds is 2. The van der Waals surface area contributed by atoms with Crippen molar-refractivity contribution < 1.29 is 0 Å². The highest BCUT2D eigenvalue weighted by atomic mass is 127. The summed E-state index contributed by atoms with van der Waals surface area (Å²) in [4.78, 5) is 0. The van der Waals surface area contributed by atoms with E-state index in [0.29, 0.717) is 0 Å². The van der Waals surface area contributed by atoms with Gasteiger partial charge in [-0.1, -0.05) is 0 Å². The van der Waals surface area contributed by atoms with E-state index in [9.17, 15) is 0 Å². The van der Waals surface area contributed by atoms with E-state index in [1.54, 1.807) is 0 Å². The third kappa shape index (κ3) is 1.30. The Morgan fingerprint density at radius 1 is 1.73 bits per heavy atom. The van der Waals surface area contributed by atoms with Crippen molar-refractivity contribution >= 4 is 22.6 Å². The van der Waals surface area contributed by atoms with Crippen molar-refractivity contribution in [3.8, 4) is 0 Å². The molecule has 1 aromatic rings. The first kappa shape index (κ1) is 7.58. The highest BCUT2D eigenvalue weighted by molar-refractivity contribution is 14.1. The third-order valence-corrected chi connectivity index (χ3v) is 2.93.